The van der Waals surface area contributed by atoms with Crippen LogP contribution >= 0.6 is 0 Å². The van der Waals surface area contributed by atoms with E-state index in [2.05, 4.69) is 5.32 Å². The molecule has 0 radical (unpaired) electrons. The molecule has 5 nitrogen and oxygen atoms in total. The molecule has 2 rings (SSSR count). The summed E-state index contributed by atoms with van der Waals surface area (Å²) in [5.41, 5.74) is 1.13. The fourth-order valence-corrected chi connectivity index (χ4v) is 3.11. The van der Waals surface area contributed by atoms with E-state index in [-0.39, 0.29) is 16.8 Å². The summed E-state index contributed by atoms with van der Waals surface area (Å²) in [6, 6.07) is 4.75. The van der Waals surface area contributed by atoms with Crippen LogP contribution in [0.25, 0.3) is 0 Å². The van der Waals surface area contributed by atoms with Gasteiger partial charge in [0.1, 0.15) is 6.04 Å². The first-order chi connectivity index (χ1) is 8.36. The van der Waals surface area contributed by atoms with Crippen LogP contribution in [0.5, 0.6) is 0 Å². The average molecular weight is 268 g/mol. The Hall–Kier alpha value is -1.56. The van der Waals surface area contributed by atoms with Crippen molar-refractivity contribution in [2.75, 3.05) is 23.5 Å². The number of likely N-dealkylation sites (N-methyl/N-ethyl adjacent to an activating group) is 1. The number of nitrogens with zero attached hydrogens (tertiary/aromatic N) is 1. The Morgan fingerprint density at radius 3 is 2.61 bits per heavy atom. The largest absolute Gasteiger partial charge is 0.361 e. The number of para-hydroxylation sites is 1. The third kappa shape index (κ3) is 1.96. The standard InChI is InChI=1S/C12H16N2O3S/c1-4-8-12(15)13-11-9(14(8)2)6-5-7-10(11)18(3,16)17/h5-8H,4H2,1-3H3,(H,13,15). The second-order valence-corrected chi connectivity index (χ2v) is 6.43. The minimum absolute atomic E-state index is 0.162. The van der Waals surface area contributed by atoms with Crippen LogP contribution in [0.1, 0.15) is 13.3 Å². The lowest BCUT2D eigenvalue weighted by Gasteiger charge is -2.35. The van der Waals surface area contributed by atoms with Crippen LogP contribution in [0, 0.1) is 0 Å². The number of nitrogens with one attached hydrogen (secondary N) is 1. The van der Waals surface area contributed by atoms with E-state index in [9.17, 15) is 13.2 Å². The summed E-state index contributed by atoms with van der Waals surface area (Å²) in [6.45, 7) is 1.92. The highest BCUT2D eigenvalue weighted by molar-refractivity contribution is 7.90. The summed E-state index contributed by atoms with van der Waals surface area (Å²) in [5.74, 6) is -0.163. The molecule has 1 heterocycles. The highest BCUT2D eigenvalue weighted by Gasteiger charge is 2.32. The van der Waals surface area contributed by atoms with E-state index >= 15 is 0 Å². The molecule has 1 aliphatic heterocycles. The molecule has 0 bridgehead atoms. The van der Waals surface area contributed by atoms with Gasteiger partial charge in [0.15, 0.2) is 9.84 Å². The number of amides is 1. The SMILES string of the molecule is CCC1C(=O)Nc2c(cccc2S(C)(=O)=O)N1C. The molecule has 0 saturated carbocycles. The molecular weight excluding hydrogens is 252 g/mol. The first-order valence-corrected chi connectivity index (χ1v) is 7.62. The number of fused-ring (bicyclic) bond motifs is 1. The number of anilines is 2. The van der Waals surface area contributed by atoms with E-state index in [4.69, 9.17) is 0 Å². The van der Waals surface area contributed by atoms with E-state index in [0.717, 1.165) is 11.9 Å². The number of hydrogen-bond donors (Lipinski definition) is 1. The van der Waals surface area contributed by atoms with Gasteiger partial charge in [0.25, 0.3) is 0 Å². The van der Waals surface area contributed by atoms with Crippen molar-refractivity contribution < 1.29 is 13.2 Å². The molecule has 18 heavy (non-hydrogen) atoms. The molecule has 6 heteroatoms. The lowest BCUT2D eigenvalue weighted by Crippen LogP contribution is -2.45. The first-order valence-electron chi connectivity index (χ1n) is 5.73. The van der Waals surface area contributed by atoms with Crippen LogP contribution in [-0.4, -0.2) is 33.7 Å². The fourth-order valence-electron chi connectivity index (χ4n) is 2.26. The zero-order chi connectivity index (χ0) is 13.5. The molecule has 0 spiro atoms. The van der Waals surface area contributed by atoms with E-state index < -0.39 is 9.84 Å². The maximum Gasteiger partial charge on any atom is 0.247 e. The van der Waals surface area contributed by atoms with Gasteiger partial charge in [-0.3, -0.25) is 4.79 Å². The van der Waals surface area contributed by atoms with Gasteiger partial charge in [0, 0.05) is 13.3 Å². The van der Waals surface area contributed by atoms with Crippen LogP contribution in [0.2, 0.25) is 0 Å². The molecule has 1 aliphatic rings. The summed E-state index contributed by atoms with van der Waals surface area (Å²) in [4.78, 5) is 13.9. The van der Waals surface area contributed by atoms with Crippen molar-refractivity contribution in [3.63, 3.8) is 0 Å². The van der Waals surface area contributed by atoms with Gasteiger partial charge in [-0.1, -0.05) is 13.0 Å². The number of benzene rings is 1. The van der Waals surface area contributed by atoms with Crippen LogP contribution in [-0.2, 0) is 14.6 Å². The molecule has 0 aromatic heterocycles. The van der Waals surface area contributed by atoms with Gasteiger partial charge in [-0.25, -0.2) is 8.42 Å². The number of rotatable bonds is 2. The fraction of sp³-hybridized carbons (Fsp3) is 0.417. The van der Waals surface area contributed by atoms with Gasteiger partial charge in [-0.15, -0.1) is 0 Å². The summed E-state index contributed by atoms with van der Waals surface area (Å²) < 4.78 is 23.4. The van der Waals surface area contributed by atoms with Crippen molar-refractivity contribution in [2.24, 2.45) is 0 Å². The second kappa shape index (κ2) is 4.28. The van der Waals surface area contributed by atoms with Crippen molar-refractivity contribution in [2.45, 2.75) is 24.3 Å². The zero-order valence-electron chi connectivity index (χ0n) is 10.6. The molecule has 0 aliphatic carbocycles. The molecule has 0 saturated heterocycles. The summed E-state index contributed by atoms with van der Waals surface area (Å²) >= 11 is 0. The van der Waals surface area contributed by atoms with Gasteiger partial charge < -0.3 is 10.2 Å². The highest BCUT2D eigenvalue weighted by Crippen LogP contribution is 2.36. The van der Waals surface area contributed by atoms with Crippen LogP contribution in [0.15, 0.2) is 23.1 Å². The predicted molar refractivity (Wildman–Crippen MR) is 70.7 cm³/mol. The van der Waals surface area contributed by atoms with Crippen LogP contribution < -0.4 is 10.2 Å². The van der Waals surface area contributed by atoms with Gasteiger partial charge >= 0.3 is 0 Å². The lowest BCUT2D eigenvalue weighted by molar-refractivity contribution is -0.117. The Kier molecular flexibility index (Phi) is 3.06. The first kappa shape index (κ1) is 12.9. The van der Waals surface area contributed by atoms with Crippen molar-refractivity contribution >= 4 is 27.1 Å². The van der Waals surface area contributed by atoms with Crippen LogP contribution in [0.4, 0.5) is 11.4 Å². The highest BCUT2D eigenvalue weighted by atomic mass is 32.2. The van der Waals surface area contributed by atoms with Gasteiger partial charge in [-0.2, -0.15) is 0 Å². The number of hydrogen-bond acceptors (Lipinski definition) is 4. The Morgan fingerprint density at radius 2 is 2.06 bits per heavy atom. The Balaban J connectivity index is 2.64. The normalized spacial score (nSPS) is 19.4. The average Bonchev–Trinajstić information content (AvgIpc) is 2.27. The minimum Gasteiger partial charge on any atom is -0.361 e. The maximum absolute atomic E-state index is 11.9. The number of sulfone groups is 1. The van der Waals surface area contributed by atoms with E-state index in [1.165, 1.54) is 6.07 Å². The van der Waals surface area contributed by atoms with Crippen LogP contribution in [0.3, 0.4) is 0 Å². The van der Waals surface area contributed by atoms with Crippen molar-refractivity contribution in [1.29, 1.82) is 0 Å². The monoisotopic (exact) mass is 268 g/mol. The van der Waals surface area contributed by atoms with Crippen molar-refractivity contribution in [3.05, 3.63) is 18.2 Å². The van der Waals surface area contributed by atoms with Gasteiger partial charge in [0.05, 0.1) is 16.3 Å². The van der Waals surface area contributed by atoms with Gasteiger partial charge in [-0.05, 0) is 18.6 Å². The molecule has 1 unspecified atom stereocenters. The minimum atomic E-state index is -3.36. The van der Waals surface area contributed by atoms with E-state index in [1.54, 1.807) is 13.1 Å². The Labute approximate surface area is 107 Å². The van der Waals surface area contributed by atoms with Crippen molar-refractivity contribution in [1.82, 2.24) is 0 Å². The molecular formula is C12H16N2O3S. The van der Waals surface area contributed by atoms with E-state index in [0.29, 0.717) is 12.1 Å². The molecule has 1 N–H and O–H groups in total. The molecule has 1 atom stereocenters. The summed E-state index contributed by atoms with van der Waals surface area (Å²) in [6.07, 6.45) is 1.81. The Morgan fingerprint density at radius 1 is 1.39 bits per heavy atom. The molecule has 1 amide bonds. The quantitative estimate of drug-likeness (QED) is 0.877. The third-order valence-corrected chi connectivity index (χ3v) is 4.33. The smallest absolute Gasteiger partial charge is 0.247 e. The predicted octanol–water partition coefficient (Wildman–Crippen LogP) is 1.26. The third-order valence-electron chi connectivity index (χ3n) is 3.19. The summed E-state index contributed by atoms with van der Waals surface area (Å²) in [5, 5.41) is 2.71. The topological polar surface area (TPSA) is 66.5 Å². The maximum atomic E-state index is 11.9. The Bertz CT molecular complexity index is 595. The van der Waals surface area contributed by atoms with E-state index in [1.807, 2.05) is 17.9 Å². The molecule has 1 aromatic rings. The number of carbonyl (C=O) groups is 1. The molecule has 0 fully saturated rings. The lowest BCUT2D eigenvalue weighted by atomic mass is 10.1. The zero-order valence-corrected chi connectivity index (χ0v) is 11.4. The number of carbonyl (C=O) groups excluding carboxylic acids is 1. The van der Waals surface area contributed by atoms with Gasteiger partial charge in [0.2, 0.25) is 5.91 Å². The second-order valence-electron chi connectivity index (χ2n) is 4.45. The molecule has 98 valence electrons. The summed E-state index contributed by atoms with van der Waals surface area (Å²) in [7, 11) is -1.55. The van der Waals surface area contributed by atoms with Crippen molar-refractivity contribution in [3.8, 4) is 0 Å². The molecule has 1 aromatic carbocycles.